The number of rotatable bonds is 16. The first-order chi connectivity index (χ1) is 26.7. The summed E-state index contributed by atoms with van der Waals surface area (Å²) in [6.45, 7) is 9.49. The predicted molar refractivity (Wildman–Crippen MR) is 214 cm³/mol. The maximum atomic E-state index is 15.0. The highest BCUT2D eigenvalue weighted by Crippen LogP contribution is 2.28. The number of nitrogens with one attached hydrogen (secondary N) is 3. The first-order valence-corrected chi connectivity index (χ1v) is 20.0. The molecule has 5 N–H and O–H groups in total. The zero-order chi connectivity index (χ0) is 40.4. The van der Waals surface area contributed by atoms with Crippen LogP contribution in [0.1, 0.15) is 77.3 Å². The third-order valence-electron chi connectivity index (χ3n) is 11.3. The van der Waals surface area contributed by atoms with Gasteiger partial charge in [0.2, 0.25) is 23.6 Å². The normalized spacial score (nSPS) is 21.0. The van der Waals surface area contributed by atoms with Crippen LogP contribution in [-0.4, -0.2) is 94.9 Å². The average Bonchev–Trinajstić information content (AvgIpc) is 3.68. The van der Waals surface area contributed by atoms with Crippen molar-refractivity contribution in [1.82, 2.24) is 25.8 Å². The van der Waals surface area contributed by atoms with Crippen molar-refractivity contribution in [2.75, 3.05) is 26.7 Å². The largest absolute Gasteiger partial charge is 0.481 e. The molecular weight excluding hydrogens is 714 g/mol. The first-order valence-electron chi connectivity index (χ1n) is 20.0. The SMILES string of the molecule is COc1ccc(-c2ccc(CC(NC(=O)C(NC(=O)CN3CCCC3)C(C)(C)C)C(O)CC(Cc3ccccc3F)C(=O)NC3C(C)CCCC3O)cc2)cn1. The van der Waals surface area contributed by atoms with Crippen molar-refractivity contribution < 1.29 is 33.7 Å². The third kappa shape index (κ3) is 11.8. The molecule has 5 rings (SSSR count). The van der Waals surface area contributed by atoms with E-state index in [4.69, 9.17) is 4.74 Å². The fraction of sp³-hybridized carbons (Fsp3) is 0.545. The molecule has 3 aromatic rings. The third-order valence-corrected chi connectivity index (χ3v) is 11.3. The van der Waals surface area contributed by atoms with Gasteiger partial charge in [-0.1, -0.05) is 76.6 Å². The quantitative estimate of drug-likeness (QED) is 0.139. The van der Waals surface area contributed by atoms with Crippen molar-refractivity contribution in [1.29, 1.82) is 0 Å². The zero-order valence-electron chi connectivity index (χ0n) is 33.5. The number of ether oxygens (including phenoxy) is 1. The molecule has 1 aromatic heterocycles. The predicted octanol–water partition coefficient (Wildman–Crippen LogP) is 4.83. The Bertz CT molecular complexity index is 1730. The van der Waals surface area contributed by atoms with Gasteiger partial charge in [-0.3, -0.25) is 19.3 Å². The maximum absolute atomic E-state index is 15.0. The molecule has 304 valence electrons. The number of nitrogens with zero attached hydrogens (tertiary/aromatic N) is 2. The van der Waals surface area contributed by atoms with Gasteiger partial charge in [0.15, 0.2) is 0 Å². The maximum Gasteiger partial charge on any atom is 0.243 e. The van der Waals surface area contributed by atoms with Crippen LogP contribution in [0.25, 0.3) is 11.1 Å². The number of benzene rings is 2. The lowest BCUT2D eigenvalue weighted by molar-refractivity contribution is -0.133. The van der Waals surface area contributed by atoms with Crippen LogP contribution in [0.15, 0.2) is 66.9 Å². The van der Waals surface area contributed by atoms with Crippen molar-refractivity contribution in [2.45, 2.75) is 109 Å². The van der Waals surface area contributed by atoms with Crippen LogP contribution in [0, 0.1) is 23.1 Å². The molecule has 3 amide bonds. The van der Waals surface area contributed by atoms with Crippen LogP contribution in [0.5, 0.6) is 5.88 Å². The smallest absolute Gasteiger partial charge is 0.243 e. The van der Waals surface area contributed by atoms with Gasteiger partial charge in [-0.25, -0.2) is 9.37 Å². The summed E-state index contributed by atoms with van der Waals surface area (Å²) in [6, 6.07) is 15.4. The summed E-state index contributed by atoms with van der Waals surface area (Å²) in [5, 5.41) is 31.9. The van der Waals surface area contributed by atoms with E-state index in [9.17, 15) is 24.6 Å². The van der Waals surface area contributed by atoms with Crippen molar-refractivity contribution in [3.63, 3.8) is 0 Å². The van der Waals surface area contributed by atoms with E-state index in [-0.39, 0.29) is 37.6 Å². The lowest BCUT2D eigenvalue weighted by atomic mass is 9.82. The molecule has 7 unspecified atom stereocenters. The summed E-state index contributed by atoms with van der Waals surface area (Å²) < 4.78 is 20.2. The monoisotopic (exact) mass is 773 g/mol. The second kappa shape index (κ2) is 19.7. The minimum atomic E-state index is -1.25. The van der Waals surface area contributed by atoms with Crippen LogP contribution >= 0.6 is 0 Å². The number of hydrogen-bond acceptors (Lipinski definition) is 8. The van der Waals surface area contributed by atoms with E-state index in [0.29, 0.717) is 17.9 Å². The second-order valence-electron chi connectivity index (χ2n) is 16.8. The van der Waals surface area contributed by atoms with Crippen molar-refractivity contribution >= 4 is 17.7 Å². The summed E-state index contributed by atoms with van der Waals surface area (Å²) in [5.41, 5.74) is 2.28. The highest BCUT2D eigenvalue weighted by Gasteiger charge is 2.38. The number of aliphatic hydroxyl groups excluding tert-OH is 2. The summed E-state index contributed by atoms with van der Waals surface area (Å²) in [4.78, 5) is 47.9. The Morgan fingerprint density at radius 3 is 2.25 bits per heavy atom. The topological polar surface area (TPSA) is 153 Å². The van der Waals surface area contributed by atoms with Gasteiger partial charge in [-0.15, -0.1) is 0 Å². The van der Waals surface area contributed by atoms with E-state index in [1.807, 2.05) is 58.0 Å². The van der Waals surface area contributed by atoms with Crippen molar-refractivity contribution in [2.24, 2.45) is 17.3 Å². The Morgan fingerprint density at radius 1 is 0.929 bits per heavy atom. The van der Waals surface area contributed by atoms with Crippen molar-refractivity contribution in [3.05, 3.63) is 83.8 Å². The lowest BCUT2D eigenvalue weighted by Crippen LogP contribution is -2.58. The summed E-state index contributed by atoms with van der Waals surface area (Å²) >= 11 is 0. The number of aromatic nitrogens is 1. The van der Waals surface area contributed by atoms with E-state index >= 15 is 4.39 Å². The van der Waals surface area contributed by atoms with Crippen LogP contribution < -0.4 is 20.7 Å². The number of methoxy groups -OCH3 is 1. The van der Waals surface area contributed by atoms with Gasteiger partial charge >= 0.3 is 0 Å². The van der Waals surface area contributed by atoms with Gasteiger partial charge in [0, 0.05) is 23.7 Å². The number of hydrogen-bond donors (Lipinski definition) is 5. The van der Waals surface area contributed by atoms with E-state index < -0.39 is 59.3 Å². The molecular formula is C44H60FN5O6. The second-order valence-corrected chi connectivity index (χ2v) is 16.8. The van der Waals surface area contributed by atoms with Gasteiger partial charge < -0.3 is 30.9 Å². The fourth-order valence-electron chi connectivity index (χ4n) is 7.91. The van der Waals surface area contributed by atoms with E-state index in [0.717, 1.165) is 55.5 Å². The molecule has 0 radical (unpaired) electrons. The number of aliphatic hydroxyl groups is 2. The van der Waals surface area contributed by atoms with Gasteiger partial charge in [-0.2, -0.15) is 0 Å². The molecule has 7 atom stereocenters. The van der Waals surface area contributed by atoms with Gasteiger partial charge in [0.05, 0.1) is 37.9 Å². The van der Waals surface area contributed by atoms with Gasteiger partial charge in [0.25, 0.3) is 0 Å². The molecule has 1 saturated heterocycles. The molecule has 1 saturated carbocycles. The van der Waals surface area contributed by atoms with Gasteiger partial charge in [0.1, 0.15) is 11.9 Å². The Kier molecular flexibility index (Phi) is 15.0. The number of carbonyl (C=O) groups excluding carboxylic acids is 3. The Labute approximate surface area is 330 Å². The highest BCUT2D eigenvalue weighted by molar-refractivity contribution is 5.89. The molecule has 0 bridgehead atoms. The molecule has 2 fully saturated rings. The minimum absolute atomic E-state index is 0.00912. The minimum Gasteiger partial charge on any atom is -0.481 e. The zero-order valence-corrected chi connectivity index (χ0v) is 33.5. The molecule has 1 aliphatic carbocycles. The molecule has 1 aliphatic heterocycles. The standard InChI is InChI=1S/C44H60FN5O6/c1-28-11-10-14-36(51)40(28)49-42(54)33(24-31-12-6-7-13-34(31)45)25-37(52)35(23-29-15-17-30(18-16-29)32-19-20-39(56-5)46-26-32)47-43(55)41(44(2,3)4)48-38(53)27-50-21-8-9-22-50/h6-7,12-13,15-20,26,28,33,35-37,40-41,51-52H,8-11,14,21-25,27H2,1-5H3,(H,47,55)(H,48,53)(H,49,54). The molecule has 56 heavy (non-hydrogen) atoms. The van der Waals surface area contributed by atoms with Crippen LogP contribution in [0.3, 0.4) is 0 Å². The average molecular weight is 774 g/mol. The summed E-state index contributed by atoms with van der Waals surface area (Å²) in [7, 11) is 1.56. The van der Waals surface area contributed by atoms with Crippen LogP contribution in [-0.2, 0) is 27.2 Å². The van der Waals surface area contributed by atoms with Gasteiger partial charge in [-0.05, 0) is 98.2 Å². The Morgan fingerprint density at radius 2 is 1.62 bits per heavy atom. The van der Waals surface area contributed by atoms with Crippen molar-refractivity contribution in [3.8, 4) is 17.0 Å². The fourth-order valence-corrected chi connectivity index (χ4v) is 7.91. The van der Waals surface area contributed by atoms with Crippen LogP contribution in [0.4, 0.5) is 4.39 Å². The van der Waals surface area contributed by atoms with E-state index in [1.165, 1.54) is 6.07 Å². The molecule has 11 nitrogen and oxygen atoms in total. The number of amides is 3. The van der Waals surface area contributed by atoms with Crippen LogP contribution in [0.2, 0.25) is 0 Å². The number of halogens is 1. The molecule has 2 aliphatic rings. The highest BCUT2D eigenvalue weighted by atomic mass is 19.1. The molecule has 12 heteroatoms. The number of pyridine rings is 1. The molecule has 0 spiro atoms. The lowest BCUT2D eigenvalue weighted by Gasteiger charge is -2.36. The molecule has 2 aromatic carbocycles. The van der Waals surface area contributed by atoms with E-state index in [2.05, 4.69) is 25.8 Å². The summed E-state index contributed by atoms with van der Waals surface area (Å²) in [5.74, 6) is -1.89. The van der Waals surface area contributed by atoms with E-state index in [1.54, 1.807) is 37.6 Å². The summed E-state index contributed by atoms with van der Waals surface area (Å²) in [6.07, 6.45) is 4.23. The Hall–Kier alpha value is -4.39. The number of carbonyl (C=O) groups is 3. The number of likely N-dealkylation sites (tertiary alicyclic amines) is 1. The first kappa shape index (κ1) is 42.7. The Balaban J connectivity index is 1.41. The molecule has 2 heterocycles.